The van der Waals surface area contributed by atoms with Gasteiger partial charge < -0.3 is 10.6 Å². The molecule has 13 heavy (non-hydrogen) atoms. The Balaban J connectivity index is 1.71. The first-order chi connectivity index (χ1) is 6.18. The van der Waals surface area contributed by atoms with Crippen molar-refractivity contribution in [1.29, 1.82) is 0 Å². The zero-order valence-electron chi connectivity index (χ0n) is 8.23. The summed E-state index contributed by atoms with van der Waals surface area (Å²) in [4.78, 5) is 11.4. The van der Waals surface area contributed by atoms with Crippen molar-refractivity contribution < 1.29 is 4.79 Å². The summed E-state index contributed by atoms with van der Waals surface area (Å²) in [5, 5.41) is 6.03. The van der Waals surface area contributed by atoms with E-state index < -0.39 is 0 Å². The lowest BCUT2D eigenvalue weighted by molar-refractivity contribution is 0.184. The summed E-state index contributed by atoms with van der Waals surface area (Å²) >= 11 is 0. The molecule has 0 heterocycles. The minimum atomic E-state index is 0.0342. The first kappa shape index (κ1) is 8.85. The number of rotatable bonds is 2. The van der Waals surface area contributed by atoms with Crippen molar-refractivity contribution in [1.82, 2.24) is 10.6 Å². The second kappa shape index (κ2) is 3.20. The van der Waals surface area contributed by atoms with E-state index in [1.54, 1.807) is 0 Å². The van der Waals surface area contributed by atoms with Gasteiger partial charge in [-0.3, -0.25) is 0 Å². The SMILES string of the molecule is CC1(NC(=O)NC2CCC2)CCC1. The average Bonchev–Trinajstić information content (AvgIpc) is 1.94. The third-order valence-electron chi connectivity index (χ3n) is 3.31. The van der Waals surface area contributed by atoms with Gasteiger partial charge in [0.1, 0.15) is 0 Å². The maximum absolute atomic E-state index is 11.4. The Bertz CT molecular complexity index is 207. The molecular weight excluding hydrogens is 164 g/mol. The van der Waals surface area contributed by atoms with E-state index in [9.17, 15) is 4.79 Å². The maximum atomic E-state index is 11.4. The predicted octanol–water partition coefficient (Wildman–Crippen LogP) is 1.78. The fourth-order valence-electron chi connectivity index (χ4n) is 1.88. The first-order valence-corrected chi connectivity index (χ1v) is 5.27. The number of nitrogens with one attached hydrogen (secondary N) is 2. The van der Waals surface area contributed by atoms with Gasteiger partial charge in [-0.25, -0.2) is 4.79 Å². The zero-order chi connectivity index (χ0) is 9.31. The van der Waals surface area contributed by atoms with Crippen LogP contribution in [0.4, 0.5) is 4.79 Å². The van der Waals surface area contributed by atoms with Crippen LogP contribution >= 0.6 is 0 Å². The minimum absolute atomic E-state index is 0.0342. The van der Waals surface area contributed by atoms with Gasteiger partial charge in [0.25, 0.3) is 0 Å². The normalized spacial score (nSPS) is 25.6. The molecule has 2 aliphatic rings. The van der Waals surface area contributed by atoms with Gasteiger partial charge in [-0.2, -0.15) is 0 Å². The van der Waals surface area contributed by atoms with Crippen molar-refractivity contribution in [2.45, 2.75) is 57.0 Å². The van der Waals surface area contributed by atoms with Crippen LogP contribution in [0, 0.1) is 0 Å². The molecule has 0 spiro atoms. The fraction of sp³-hybridized carbons (Fsp3) is 0.900. The van der Waals surface area contributed by atoms with E-state index in [0.717, 1.165) is 25.7 Å². The highest BCUT2D eigenvalue weighted by atomic mass is 16.2. The highest BCUT2D eigenvalue weighted by molar-refractivity contribution is 5.75. The number of hydrogen-bond donors (Lipinski definition) is 2. The molecule has 0 aromatic carbocycles. The molecule has 2 saturated carbocycles. The summed E-state index contributed by atoms with van der Waals surface area (Å²) in [6, 6.07) is 0.482. The molecular formula is C10H18N2O. The third-order valence-corrected chi connectivity index (χ3v) is 3.31. The minimum Gasteiger partial charge on any atom is -0.335 e. The van der Waals surface area contributed by atoms with Crippen LogP contribution in [0.3, 0.4) is 0 Å². The summed E-state index contributed by atoms with van der Waals surface area (Å²) in [5.74, 6) is 0. The van der Waals surface area contributed by atoms with E-state index in [1.165, 1.54) is 12.8 Å². The molecule has 74 valence electrons. The van der Waals surface area contributed by atoms with Crippen molar-refractivity contribution in [2.24, 2.45) is 0 Å². The molecule has 0 atom stereocenters. The van der Waals surface area contributed by atoms with Crippen LogP contribution in [-0.2, 0) is 0 Å². The first-order valence-electron chi connectivity index (χ1n) is 5.27. The van der Waals surface area contributed by atoms with Gasteiger partial charge in [0.2, 0.25) is 0 Å². The van der Waals surface area contributed by atoms with E-state index in [4.69, 9.17) is 0 Å². The van der Waals surface area contributed by atoms with E-state index >= 15 is 0 Å². The molecule has 0 aliphatic heterocycles. The molecule has 2 fully saturated rings. The molecule has 0 bridgehead atoms. The van der Waals surface area contributed by atoms with Crippen molar-refractivity contribution in [2.75, 3.05) is 0 Å². The quantitative estimate of drug-likeness (QED) is 0.671. The Kier molecular flexibility index (Phi) is 2.18. The second-order valence-electron chi connectivity index (χ2n) is 4.64. The van der Waals surface area contributed by atoms with Gasteiger partial charge in [-0.05, 0) is 45.4 Å². The topological polar surface area (TPSA) is 41.1 Å². The fourth-order valence-corrected chi connectivity index (χ4v) is 1.88. The highest BCUT2D eigenvalue weighted by Gasteiger charge is 2.33. The van der Waals surface area contributed by atoms with Crippen molar-refractivity contribution >= 4 is 6.03 Å². The van der Waals surface area contributed by atoms with Crippen molar-refractivity contribution in [3.63, 3.8) is 0 Å². The van der Waals surface area contributed by atoms with E-state index in [1.807, 2.05) is 0 Å². The van der Waals surface area contributed by atoms with Crippen molar-refractivity contribution in [3.05, 3.63) is 0 Å². The van der Waals surface area contributed by atoms with Crippen LogP contribution in [0.15, 0.2) is 0 Å². The molecule has 3 heteroatoms. The molecule has 2 amide bonds. The summed E-state index contributed by atoms with van der Waals surface area (Å²) in [6.07, 6.45) is 7.09. The van der Waals surface area contributed by atoms with Gasteiger partial charge in [0.15, 0.2) is 0 Å². The van der Waals surface area contributed by atoms with E-state index in [2.05, 4.69) is 17.6 Å². The number of urea groups is 1. The monoisotopic (exact) mass is 182 g/mol. The Morgan fingerprint density at radius 2 is 2.00 bits per heavy atom. The van der Waals surface area contributed by atoms with E-state index in [0.29, 0.717) is 6.04 Å². The van der Waals surface area contributed by atoms with Crippen LogP contribution in [0.5, 0.6) is 0 Å². The largest absolute Gasteiger partial charge is 0.335 e. The Labute approximate surface area is 79.3 Å². The van der Waals surface area contributed by atoms with Crippen LogP contribution < -0.4 is 10.6 Å². The van der Waals surface area contributed by atoms with Crippen LogP contribution in [-0.4, -0.2) is 17.6 Å². The Morgan fingerprint density at radius 1 is 1.31 bits per heavy atom. The highest BCUT2D eigenvalue weighted by Crippen LogP contribution is 2.30. The lowest BCUT2D eigenvalue weighted by Crippen LogP contribution is -2.56. The molecule has 2 rings (SSSR count). The molecule has 0 aromatic rings. The van der Waals surface area contributed by atoms with Gasteiger partial charge in [-0.15, -0.1) is 0 Å². The smallest absolute Gasteiger partial charge is 0.315 e. The lowest BCUT2D eigenvalue weighted by atomic mass is 9.79. The van der Waals surface area contributed by atoms with Crippen LogP contribution in [0.2, 0.25) is 0 Å². The van der Waals surface area contributed by atoms with Gasteiger partial charge in [-0.1, -0.05) is 0 Å². The second-order valence-corrected chi connectivity index (χ2v) is 4.64. The number of hydrogen-bond acceptors (Lipinski definition) is 1. The standard InChI is InChI=1S/C10H18N2O/c1-10(6-3-7-10)12-9(13)11-8-4-2-5-8/h8H,2-7H2,1H3,(H2,11,12,13). The molecule has 0 aromatic heterocycles. The Hall–Kier alpha value is -0.730. The van der Waals surface area contributed by atoms with Gasteiger partial charge in [0, 0.05) is 11.6 Å². The van der Waals surface area contributed by atoms with E-state index in [-0.39, 0.29) is 11.6 Å². The number of amides is 2. The Morgan fingerprint density at radius 3 is 2.38 bits per heavy atom. The molecule has 0 radical (unpaired) electrons. The summed E-state index contributed by atoms with van der Waals surface area (Å²) in [7, 11) is 0. The average molecular weight is 182 g/mol. The summed E-state index contributed by atoms with van der Waals surface area (Å²) < 4.78 is 0. The molecule has 0 unspecified atom stereocenters. The number of carbonyl (C=O) groups excluding carboxylic acids is 1. The number of carbonyl (C=O) groups is 1. The van der Waals surface area contributed by atoms with Crippen LogP contribution in [0.1, 0.15) is 45.4 Å². The zero-order valence-corrected chi connectivity index (χ0v) is 8.23. The summed E-state index contributed by atoms with van der Waals surface area (Å²) in [6.45, 7) is 2.12. The molecule has 2 aliphatic carbocycles. The van der Waals surface area contributed by atoms with Gasteiger partial charge in [0.05, 0.1) is 0 Å². The molecule has 3 nitrogen and oxygen atoms in total. The predicted molar refractivity (Wildman–Crippen MR) is 51.6 cm³/mol. The van der Waals surface area contributed by atoms with Gasteiger partial charge >= 0.3 is 6.03 Å². The van der Waals surface area contributed by atoms with Crippen molar-refractivity contribution in [3.8, 4) is 0 Å². The molecule has 0 saturated heterocycles. The maximum Gasteiger partial charge on any atom is 0.315 e. The molecule has 2 N–H and O–H groups in total. The summed E-state index contributed by atoms with van der Waals surface area (Å²) in [5.41, 5.74) is 0.0911. The lowest BCUT2D eigenvalue weighted by Gasteiger charge is -2.40. The third kappa shape index (κ3) is 1.95. The van der Waals surface area contributed by atoms with Crippen LogP contribution in [0.25, 0.3) is 0 Å².